The fourth-order valence-corrected chi connectivity index (χ4v) is 2.97. The third-order valence-corrected chi connectivity index (χ3v) is 4.40. The number of hydroxylamine groups is 1. The first kappa shape index (κ1) is 19.8. The van der Waals surface area contributed by atoms with E-state index in [9.17, 15) is 9.59 Å². The number of carbonyl (C=O) groups is 2. The van der Waals surface area contributed by atoms with Gasteiger partial charge in [-0.1, -0.05) is 24.3 Å². The Bertz CT molecular complexity index is 544. The summed E-state index contributed by atoms with van der Waals surface area (Å²) in [5.74, 6) is -0.0814. The highest BCUT2D eigenvalue weighted by atomic mass is 35.5. The summed E-state index contributed by atoms with van der Waals surface area (Å²) < 4.78 is 0. The van der Waals surface area contributed by atoms with Gasteiger partial charge < -0.3 is 10.6 Å². The lowest BCUT2D eigenvalue weighted by atomic mass is 9.95. The standard InChI is InChI=1S/C15H21N3O3S.ClH/c1-22-7-6-12(15(20)18-21)17-14(19)13-8-10-4-2-3-5-11(10)9-16-13;/h2-5,12-13,16,21H,6-9H2,1H3,(H,17,19)(H,18,20);1H/t12-,13-;/m0./s1. The second-order valence-corrected chi connectivity index (χ2v) is 6.21. The summed E-state index contributed by atoms with van der Waals surface area (Å²) in [5, 5.41) is 14.7. The average Bonchev–Trinajstić information content (AvgIpc) is 2.57. The molecule has 1 heterocycles. The molecule has 8 heteroatoms. The summed E-state index contributed by atoms with van der Waals surface area (Å²) in [7, 11) is 0. The van der Waals surface area contributed by atoms with Crippen molar-refractivity contribution in [3.63, 3.8) is 0 Å². The van der Waals surface area contributed by atoms with Gasteiger partial charge in [0, 0.05) is 6.54 Å². The zero-order chi connectivity index (χ0) is 15.9. The topological polar surface area (TPSA) is 90.5 Å². The predicted molar refractivity (Wildman–Crippen MR) is 92.9 cm³/mol. The summed E-state index contributed by atoms with van der Waals surface area (Å²) in [6, 6.07) is 6.91. The Kier molecular flexibility index (Phi) is 8.40. The highest BCUT2D eigenvalue weighted by molar-refractivity contribution is 7.98. The fourth-order valence-electron chi connectivity index (χ4n) is 2.49. The largest absolute Gasteiger partial charge is 0.343 e. The van der Waals surface area contributed by atoms with E-state index < -0.39 is 11.9 Å². The van der Waals surface area contributed by atoms with Crippen LogP contribution in [0.3, 0.4) is 0 Å². The quantitative estimate of drug-likeness (QED) is 0.447. The van der Waals surface area contributed by atoms with Crippen molar-refractivity contribution < 1.29 is 14.8 Å². The van der Waals surface area contributed by atoms with E-state index in [1.54, 1.807) is 17.2 Å². The molecule has 1 aliphatic rings. The van der Waals surface area contributed by atoms with Gasteiger partial charge in [-0.05, 0) is 36.0 Å². The summed E-state index contributed by atoms with van der Waals surface area (Å²) in [5.41, 5.74) is 3.95. The van der Waals surface area contributed by atoms with E-state index in [1.807, 2.05) is 30.5 Å². The number of carbonyl (C=O) groups excluding carboxylic acids is 2. The van der Waals surface area contributed by atoms with Gasteiger partial charge >= 0.3 is 0 Å². The molecule has 6 nitrogen and oxygen atoms in total. The van der Waals surface area contributed by atoms with Gasteiger partial charge in [-0.25, -0.2) is 5.48 Å². The summed E-state index contributed by atoms with van der Waals surface area (Å²) in [6.45, 7) is 0.635. The first-order valence-corrected chi connectivity index (χ1v) is 8.58. The van der Waals surface area contributed by atoms with Crippen LogP contribution >= 0.6 is 24.2 Å². The van der Waals surface area contributed by atoms with Crippen LogP contribution in [0.15, 0.2) is 24.3 Å². The highest BCUT2D eigenvalue weighted by Crippen LogP contribution is 2.16. The highest BCUT2D eigenvalue weighted by Gasteiger charge is 2.27. The van der Waals surface area contributed by atoms with E-state index in [0.717, 1.165) is 11.3 Å². The molecule has 0 aromatic heterocycles. The molecule has 0 saturated carbocycles. The Morgan fingerprint density at radius 1 is 1.39 bits per heavy atom. The Morgan fingerprint density at radius 2 is 2.09 bits per heavy atom. The molecule has 1 aromatic carbocycles. The normalized spacial score (nSPS) is 17.4. The lowest BCUT2D eigenvalue weighted by Crippen LogP contribution is -2.54. The van der Waals surface area contributed by atoms with Gasteiger partial charge in [0.1, 0.15) is 6.04 Å². The number of rotatable bonds is 6. The molecule has 0 saturated heterocycles. The van der Waals surface area contributed by atoms with Crippen LogP contribution in [0.5, 0.6) is 0 Å². The number of nitrogens with one attached hydrogen (secondary N) is 3. The molecule has 0 fully saturated rings. The second-order valence-electron chi connectivity index (χ2n) is 5.23. The summed E-state index contributed by atoms with van der Waals surface area (Å²) in [6.07, 6.45) is 3.00. The minimum absolute atomic E-state index is 0. The van der Waals surface area contributed by atoms with Crippen molar-refractivity contribution in [2.45, 2.75) is 31.5 Å². The molecule has 1 aliphatic heterocycles. The minimum atomic E-state index is -0.719. The van der Waals surface area contributed by atoms with Crippen molar-refractivity contribution in [3.8, 4) is 0 Å². The van der Waals surface area contributed by atoms with Crippen LogP contribution in [-0.2, 0) is 22.6 Å². The minimum Gasteiger partial charge on any atom is -0.343 e. The van der Waals surface area contributed by atoms with Gasteiger partial charge in [-0.3, -0.25) is 14.8 Å². The van der Waals surface area contributed by atoms with Crippen molar-refractivity contribution in [1.29, 1.82) is 0 Å². The molecular weight excluding hydrogens is 338 g/mol. The molecule has 0 unspecified atom stereocenters. The van der Waals surface area contributed by atoms with E-state index in [-0.39, 0.29) is 24.4 Å². The SMILES string of the molecule is CSCC[C@H](NC(=O)[C@@H]1Cc2ccccc2CN1)C(=O)NO.Cl. The van der Waals surface area contributed by atoms with Crippen LogP contribution in [0.4, 0.5) is 0 Å². The zero-order valence-corrected chi connectivity index (χ0v) is 14.5. The predicted octanol–water partition coefficient (Wildman–Crippen LogP) is 0.866. The molecule has 2 atom stereocenters. The third kappa shape index (κ3) is 5.39. The van der Waals surface area contributed by atoms with Gasteiger partial charge in [0.15, 0.2) is 0 Å². The van der Waals surface area contributed by atoms with Crippen LogP contribution in [0.25, 0.3) is 0 Å². The fraction of sp³-hybridized carbons (Fsp3) is 0.467. The van der Waals surface area contributed by atoms with E-state index in [2.05, 4.69) is 10.6 Å². The number of hydrogen-bond donors (Lipinski definition) is 4. The molecule has 23 heavy (non-hydrogen) atoms. The maximum absolute atomic E-state index is 12.4. The maximum Gasteiger partial charge on any atom is 0.265 e. The Labute approximate surface area is 146 Å². The van der Waals surface area contributed by atoms with E-state index >= 15 is 0 Å². The summed E-state index contributed by atoms with van der Waals surface area (Å²) in [4.78, 5) is 24.0. The van der Waals surface area contributed by atoms with Crippen LogP contribution in [0.2, 0.25) is 0 Å². The smallest absolute Gasteiger partial charge is 0.265 e. The molecular formula is C15H22ClN3O3S. The number of fused-ring (bicyclic) bond motifs is 1. The number of hydrogen-bond acceptors (Lipinski definition) is 5. The van der Waals surface area contributed by atoms with Crippen molar-refractivity contribution in [2.24, 2.45) is 0 Å². The third-order valence-electron chi connectivity index (χ3n) is 3.75. The molecule has 4 N–H and O–H groups in total. The van der Waals surface area contributed by atoms with Gasteiger partial charge in [-0.15, -0.1) is 12.4 Å². The van der Waals surface area contributed by atoms with Gasteiger partial charge in [-0.2, -0.15) is 11.8 Å². The Hall–Kier alpha value is -1.28. The average molecular weight is 360 g/mol. The number of halogens is 1. The molecule has 1 aromatic rings. The number of thioether (sulfide) groups is 1. The van der Waals surface area contributed by atoms with Crippen LogP contribution in [-0.4, -0.2) is 41.1 Å². The molecule has 2 rings (SSSR count). The maximum atomic E-state index is 12.4. The lowest BCUT2D eigenvalue weighted by Gasteiger charge is -2.27. The van der Waals surface area contributed by atoms with Crippen LogP contribution < -0.4 is 16.1 Å². The molecule has 0 radical (unpaired) electrons. The number of benzene rings is 1. The van der Waals surface area contributed by atoms with Gasteiger partial charge in [0.25, 0.3) is 5.91 Å². The number of amides is 2. The first-order valence-electron chi connectivity index (χ1n) is 7.19. The molecule has 0 bridgehead atoms. The van der Waals surface area contributed by atoms with Crippen molar-refractivity contribution >= 4 is 36.0 Å². The molecule has 0 spiro atoms. The molecule has 0 aliphatic carbocycles. The first-order chi connectivity index (χ1) is 10.7. The second kappa shape index (κ2) is 9.77. The van der Waals surface area contributed by atoms with E-state index in [4.69, 9.17) is 5.21 Å². The van der Waals surface area contributed by atoms with Crippen molar-refractivity contribution in [3.05, 3.63) is 35.4 Å². The summed E-state index contributed by atoms with van der Waals surface area (Å²) >= 11 is 1.58. The lowest BCUT2D eigenvalue weighted by molar-refractivity contribution is -0.135. The Morgan fingerprint density at radius 3 is 2.74 bits per heavy atom. The van der Waals surface area contributed by atoms with Gasteiger partial charge in [0.05, 0.1) is 6.04 Å². The van der Waals surface area contributed by atoms with Crippen LogP contribution in [0, 0.1) is 0 Å². The zero-order valence-electron chi connectivity index (χ0n) is 12.9. The van der Waals surface area contributed by atoms with Crippen molar-refractivity contribution in [1.82, 2.24) is 16.1 Å². The van der Waals surface area contributed by atoms with E-state index in [0.29, 0.717) is 19.4 Å². The monoisotopic (exact) mass is 359 g/mol. The van der Waals surface area contributed by atoms with E-state index in [1.165, 1.54) is 5.56 Å². The van der Waals surface area contributed by atoms with Gasteiger partial charge in [0.2, 0.25) is 5.91 Å². The van der Waals surface area contributed by atoms with Crippen LogP contribution in [0.1, 0.15) is 17.5 Å². The van der Waals surface area contributed by atoms with Crippen molar-refractivity contribution in [2.75, 3.05) is 12.0 Å². The Balaban J connectivity index is 0.00000264. The molecule has 128 valence electrons. The molecule has 2 amide bonds.